The fourth-order valence-electron chi connectivity index (χ4n) is 1.21. The van der Waals surface area contributed by atoms with Crippen molar-refractivity contribution in [3.05, 3.63) is 0 Å². The SMILES string of the molecule is CCCCCCCCSCC#CCS. The van der Waals surface area contributed by atoms with Gasteiger partial charge in [0.1, 0.15) is 0 Å². The third-order valence-corrected chi connectivity index (χ3v) is 3.10. The van der Waals surface area contributed by atoms with Crippen LogP contribution >= 0.6 is 24.4 Å². The van der Waals surface area contributed by atoms with Crippen molar-refractivity contribution in [3.8, 4) is 11.8 Å². The minimum Gasteiger partial charge on any atom is -0.166 e. The van der Waals surface area contributed by atoms with E-state index in [-0.39, 0.29) is 0 Å². The van der Waals surface area contributed by atoms with E-state index in [0.29, 0.717) is 5.75 Å². The van der Waals surface area contributed by atoms with Crippen LogP contribution in [0.5, 0.6) is 0 Å². The summed E-state index contributed by atoms with van der Waals surface area (Å²) in [5.41, 5.74) is 0. The van der Waals surface area contributed by atoms with Crippen molar-refractivity contribution in [2.24, 2.45) is 0 Å². The molecular formula is C12H22S2. The maximum atomic E-state index is 4.03. The van der Waals surface area contributed by atoms with E-state index in [1.54, 1.807) is 0 Å². The minimum absolute atomic E-state index is 0.692. The summed E-state index contributed by atoms with van der Waals surface area (Å²) >= 11 is 5.98. The molecule has 0 aromatic rings. The number of hydrogen-bond donors (Lipinski definition) is 1. The molecular weight excluding hydrogens is 208 g/mol. The standard InChI is InChI=1S/C12H22S2/c1-2-3-4-5-6-8-11-14-12-9-7-10-13/h13H,2-6,8,10-12H2,1H3. The van der Waals surface area contributed by atoms with Crippen LogP contribution < -0.4 is 0 Å². The van der Waals surface area contributed by atoms with Gasteiger partial charge in [-0.05, 0) is 12.2 Å². The van der Waals surface area contributed by atoms with E-state index in [4.69, 9.17) is 0 Å². The summed E-state index contributed by atoms with van der Waals surface area (Å²) < 4.78 is 0. The van der Waals surface area contributed by atoms with Crippen LogP contribution in [0.2, 0.25) is 0 Å². The van der Waals surface area contributed by atoms with E-state index in [1.807, 2.05) is 11.8 Å². The van der Waals surface area contributed by atoms with Crippen LogP contribution in [0.15, 0.2) is 0 Å². The fourth-order valence-corrected chi connectivity index (χ4v) is 2.08. The van der Waals surface area contributed by atoms with E-state index in [0.717, 1.165) is 5.75 Å². The Morgan fingerprint density at radius 2 is 1.71 bits per heavy atom. The molecule has 0 saturated heterocycles. The molecule has 82 valence electrons. The molecule has 0 amide bonds. The summed E-state index contributed by atoms with van der Waals surface area (Å²) in [4.78, 5) is 0. The highest BCUT2D eigenvalue weighted by Crippen LogP contribution is 2.08. The first-order valence-electron chi connectivity index (χ1n) is 5.56. The normalized spacial score (nSPS) is 9.57. The Labute approximate surface area is 99.0 Å². The lowest BCUT2D eigenvalue weighted by molar-refractivity contribution is 0.627. The van der Waals surface area contributed by atoms with Crippen molar-refractivity contribution in [1.29, 1.82) is 0 Å². The van der Waals surface area contributed by atoms with Crippen molar-refractivity contribution in [2.75, 3.05) is 17.3 Å². The van der Waals surface area contributed by atoms with E-state index in [9.17, 15) is 0 Å². The largest absolute Gasteiger partial charge is 0.166 e. The molecule has 0 fully saturated rings. The van der Waals surface area contributed by atoms with E-state index in [1.165, 1.54) is 44.3 Å². The van der Waals surface area contributed by atoms with E-state index in [2.05, 4.69) is 31.4 Å². The first-order chi connectivity index (χ1) is 6.91. The number of hydrogen-bond acceptors (Lipinski definition) is 2. The van der Waals surface area contributed by atoms with Gasteiger partial charge in [-0.1, -0.05) is 50.9 Å². The maximum Gasteiger partial charge on any atom is 0.0547 e. The first kappa shape index (κ1) is 14.3. The van der Waals surface area contributed by atoms with Gasteiger partial charge in [0.25, 0.3) is 0 Å². The highest BCUT2D eigenvalue weighted by atomic mass is 32.2. The van der Waals surface area contributed by atoms with Gasteiger partial charge in [0.15, 0.2) is 0 Å². The molecule has 0 rings (SSSR count). The molecule has 0 N–H and O–H groups in total. The number of unbranched alkanes of at least 4 members (excludes halogenated alkanes) is 5. The van der Waals surface area contributed by atoms with E-state index >= 15 is 0 Å². The molecule has 2 heteroatoms. The van der Waals surface area contributed by atoms with Gasteiger partial charge in [0.2, 0.25) is 0 Å². The molecule has 0 spiro atoms. The summed E-state index contributed by atoms with van der Waals surface area (Å²) in [7, 11) is 0. The first-order valence-corrected chi connectivity index (χ1v) is 7.34. The molecule has 0 aromatic carbocycles. The Morgan fingerprint density at radius 3 is 2.43 bits per heavy atom. The van der Waals surface area contributed by atoms with Crippen molar-refractivity contribution in [3.63, 3.8) is 0 Å². The average Bonchev–Trinajstić information content (AvgIpc) is 2.21. The van der Waals surface area contributed by atoms with Gasteiger partial charge in [0, 0.05) is 0 Å². The monoisotopic (exact) mass is 230 g/mol. The van der Waals surface area contributed by atoms with Crippen LogP contribution in [0, 0.1) is 11.8 Å². The van der Waals surface area contributed by atoms with Gasteiger partial charge < -0.3 is 0 Å². The predicted molar refractivity (Wildman–Crippen MR) is 72.3 cm³/mol. The molecule has 14 heavy (non-hydrogen) atoms. The second kappa shape index (κ2) is 13.3. The quantitative estimate of drug-likeness (QED) is 0.373. The lowest BCUT2D eigenvalue weighted by Crippen LogP contribution is -1.83. The molecule has 0 aliphatic rings. The minimum atomic E-state index is 0.692. The van der Waals surface area contributed by atoms with Gasteiger partial charge in [0.05, 0.1) is 11.5 Å². The highest BCUT2D eigenvalue weighted by molar-refractivity contribution is 7.99. The number of rotatable bonds is 8. The third kappa shape index (κ3) is 12.3. The third-order valence-electron chi connectivity index (χ3n) is 2.02. The van der Waals surface area contributed by atoms with Crippen molar-refractivity contribution in [2.45, 2.75) is 45.4 Å². The topological polar surface area (TPSA) is 0 Å². The number of thioether (sulfide) groups is 1. The van der Waals surface area contributed by atoms with Crippen LogP contribution in [-0.2, 0) is 0 Å². The Kier molecular flexibility index (Phi) is 13.5. The van der Waals surface area contributed by atoms with Crippen LogP contribution in [0.4, 0.5) is 0 Å². The van der Waals surface area contributed by atoms with Gasteiger partial charge in [-0.15, -0.1) is 11.8 Å². The molecule has 0 nitrogen and oxygen atoms in total. The molecule has 0 heterocycles. The smallest absolute Gasteiger partial charge is 0.0547 e. The van der Waals surface area contributed by atoms with Crippen LogP contribution in [0.1, 0.15) is 45.4 Å². The second-order valence-corrected chi connectivity index (χ2v) is 4.75. The molecule has 0 aliphatic carbocycles. The average molecular weight is 230 g/mol. The predicted octanol–water partition coefficient (Wildman–Crippen LogP) is 4.01. The van der Waals surface area contributed by atoms with Gasteiger partial charge >= 0.3 is 0 Å². The molecule has 0 bridgehead atoms. The van der Waals surface area contributed by atoms with Gasteiger partial charge in [-0.25, -0.2) is 0 Å². The van der Waals surface area contributed by atoms with Crippen molar-refractivity contribution in [1.82, 2.24) is 0 Å². The zero-order chi connectivity index (χ0) is 10.5. The summed E-state index contributed by atoms with van der Waals surface area (Å²) in [5.74, 6) is 8.99. The Balaban J connectivity index is 2.92. The Hall–Kier alpha value is 0.260. The molecule has 0 saturated carbocycles. The zero-order valence-corrected chi connectivity index (χ0v) is 10.9. The zero-order valence-electron chi connectivity index (χ0n) is 9.22. The van der Waals surface area contributed by atoms with Crippen LogP contribution in [0.25, 0.3) is 0 Å². The lowest BCUT2D eigenvalue weighted by Gasteiger charge is -1.99. The molecule has 0 atom stereocenters. The fraction of sp³-hybridized carbons (Fsp3) is 0.833. The Morgan fingerprint density at radius 1 is 1.00 bits per heavy atom. The van der Waals surface area contributed by atoms with Crippen LogP contribution in [0.3, 0.4) is 0 Å². The van der Waals surface area contributed by atoms with Gasteiger partial charge in [-0.3, -0.25) is 0 Å². The highest BCUT2D eigenvalue weighted by Gasteiger charge is 1.89. The summed E-state index contributed by atoms with van der Waals surface area (Å²) in [5, 5.41) is 0. The summed E-state index contributed by atoms with van der Waals surface area (Å²) in [6, 6.07) is 0. The lowest BCUT2D eigenvalue weighted by atomic mass is 10.1. The molecule has 0 radical (unpaired) electrons. The van der Waals surface area contributed by atoms with Crippen LogP contribution in [-0.4, -0.2) is 17.3 Å². The van der Waals surface area contributed by atoms with Gasteiger partial charge in [-0.2, -0.15) is 12.6 Å². The second-order valence-electron chi connectivity index (χ2n) is 3.33. The van der Waals surface area contributed by atoms with E-state index < -0.39 is 0 Å². The molecule has 0 aromatic heterocycles. The summed E-state index contributed by atoms with van der Waals surface area (Å²) in [6.45, 7) is 2.26. The molecule has 0 unspecified atom stereocenters. The van der Waals surface area contributed by atoms with Crippen molar-refractivity contribution < 1.29 is 0 Å². The number of thiol groups is 1. The Bertz CT molecular complexity index is 155. The summed E-state index contributed by atoms with van der Waals surface area (Å²) in [6.07, 6.45) is 8.33. The van der Waals surface area contributed by atoms with Crippen molar-refractivity contribution >= 4 is 24.4 Å². The maximum absolute atomic E-state index is 4.03. The molecule has 0 aliphatic heterocycles.